The molecule has 1 aromatic rings. The largest absolute Gasteiger partial charge is 0.352 e. The molecule has 1 amide bonds. The van der Waals surface area contributed by atoms with E-state index in [1.165, 1.54) is 5.56 Å². The second kappa shape index (κ2) is 7.17. The highest BCUT2D eigenvalue weighted by Gasteiger charge is 2.16. The minimum absolute atomic E-state index is 0.0490. The van der Waals surface area contributed by atoms with E-state index in [1.54, 1.807) is 0 Å². The molecule has 3 nitrogen and oxygen atoms in total. The summed E-state index contributed by atoms with van der Waals surface area (Å²) in [6.45, 7) is 6.15. The van der Waals surface area contributed by atoms with Crippen LogP contribution in [0.25, 0.3) is 0 Å². The fourth-order valence-corrected chi connectivity index (χ4v) is 1.98. The lowest BCUT2D eigenvalue weighted by Gasteiger charge is -2.18. The molecule has 3 N–H and O–H groups in total. The van der Waals surface area contributed by atoms with Crippen molar-refractivity contribution in [3.05, 3.63) is 35.9 Å². The van der Waals surface area contributed by atoms with Gasteiger partial charge in [-0.05, 0) is 31.2 Å². The van der Waals surface area contributed by atoms with Gasteiger partial charge in [0, 0.05) is 6.04 Å². The molecule has 0 aliphatic heterocycles. The van der Waals surface area contributed by atoms with Crippen LogP contribution in [0.5, 0.6) is 0 Å². The summed E-state index contributed by atoms with van der Waals surface area (Å²) in [5.41, 5.74) is 7.07. The Morgan fingerprint density at radius 1 is 1.22 bits per heavy atom. The van der Waals surface area contributed by atoms with Gasteiger partial charge in [0.1, 0.15) is 0 Å². The molecule has 2 atom stereocenters. The first-order valence-corrected chi connectivity index (χ1v) is 6.59. The van der Waals surface area contributed by atoms with Crippen molar-refractivity contribution in [3.63, 3.8) is 0 Å². The molecule has 1 rings (SSSR count). The fraction of sp³-hybridized carbons (Fsp3) is 0.533. The molecule has 0 heterocycles. The molecule has 0 saturated carbocycles. The number of amides is 1. The summed E-state index contributed by atoms with van der Waals surface area (Å²) in [6, 6.07) is 9.85. The van der Waals surface area contributed by atoms with E-state index in [1.807, 2.05) is 25.1 Å². The molecule has 3 heteroatoms. The lowest BCUT2D eigenvalue weighted by Crippen LogP contribution is -2.45. The number of benzene rings is 1. The monoisotopic (exact) mass is 248 g/mol. The van der Waals surface area contributed by atoms with Crippen LogP contribution in [0.4, 0.5) is 0 Å². The summed E-state index contributed by atoms with van der Waals surface area (Å²) in [6.07, 6.45) is 1.56. The maximum Gasteiger partial charge on any atom is 0.237 e. The highest BCUT2D eigenvalue weighted by molar-refractivity contribution is 5.81. The van der Waals surface area contributed by atoms with Crippen molar-refractivity contribution in [1.82, 2.24) is 5.32 Å². The molecule has 0 aliphatic rings. The maximum absolute atomic E-state index is 11.8. The molecule has 0 bridgehead atoms. The third-order valence-corrected chi connectivity index (χ3v) is 2.84. The van der Waals surface area contributed by atoms with Gasteiger partial charge < -0.3 is 11.1 Å². The van der Waals surface area contributed by atoms with E-state index in [9.17, 15) is 4.79 Å². The standard InChI is InChI=1S/C15H24N2O/c1-11(2)9-14(16)15(18)17-12(3)10-13-7-5-4-6-8-13/h4-8,11-12,14H,9-10,16H2,1-3H3,(H,17,18)/t12?,14-/m0/s1. The summed E-state index contributed by atoms with van der Waals surface area (Å²) in [4.78, 5) is 11.8. The molecule has 0 spiro atoms. The Hall–Kier alpha value is -1.35. The summed E-state index contributed by atoms with van der Waals surface area (Å²) in [5, 5.41) is 2.97. The van der Waals surface area contributed by atoms with Crippen LogP contribution in [0.1, 0.15) is 32.8 Å². The number of hydrogen-bond acceptors (Lipinski definition) is 2. The smallest absolute Gasteiger partial charge is 0.237 e. The van der Waals surface area contributed by atoms with E-state index in [4.69, 9.17) is 5.73 Å². The van der Waals surface area contributed by atoms with Crippen molar-refractivity contribution >= 4 is 5.91 Å². The number of carbonyl (C=O) groups is 1. The van der Waals surface area contributed by atoms with Crippen LogP contribution >= 0.6 is 0 Å². The van der Waals surface area contributed by atoms with Crippen molar-refractivity contribution in [2.75, 3.05) is 0 Å². The summed E-state index contributed by atoms with van der Waals surface area (Å²) < 4.78 is 0. The molecule has 1 aromatic carbocycles. The van der Waals surface area contributed by atoms with Gasteiger partial charge in [0.2, 0.25) is 5.91 Å². The van der Waals surface area contributed by atoms with E-state index in [2.05, 4.69) is 31.3 Å². The van der Waals surface area contributed by atoms with Gasteiger partial charge in [-0.3, -0.25) is 4.79 Å². The van der Waals surface area contributed by atoms with Crippen LogP contribution in [0.3, 0.4) is 0 Å². The van der Waals surface area contributed by atoms with Crippen molar-refractivity contribution in [3.8, 4) is 0 Å². The summed E-state index contributed by atoms with van der Waals surface area (Å²) >= 11 is 0. The predicted molar refractivity (Wildman–Crippen MR) is 75.2 cm³/mol. The number of nitrogens with two attached hydrogens (primary N) is 1. The van der Waals surface area contributed by atoms with Gasteiger partial charge in [0.15, 0.2) is 0 Å². The Bertz CT molecular complexity index is 362. The quantitative estimate of drug-likeness (QED) is 0.810. The van der Waals surface area contributed by atoms with Crippen LogP contribution < -0.4 is 11.1 Å². The predicted octanol–water partition coefficient (Wildman–Crippen LogP) is 2.11. The number of carbonyl (C=O) groups excluding carboxylic acids is 1. The first-order chi connectivity index (χ1) is 8.49. The Kier molecular flexibility index (Phi) is 5.86. The molecule has 0 aliphatic carbocycles. The second-order valence-corrected chi connectivity index (χ2v) is 5.34. The zero-order valence-electron chi connectivity index (χ0n) is 11.5. The minimum Gasteiger partial charge on any atom is -0.352 e. The third-order valence-electron chi connectivity index (χ3n) is 2.84. The maximum atomic E-state index is 11.8. The molecule has 0 aromatic heterocycles. The average molecular weight is 248 g/mol. The van der Waals surface area contributed by atoms with Crippen molar-refractivity contribution in [2.24, 2.45) is 11.7 Å². The Morgan fingerprint density at radius 3 is 2.39 bits per heavy atom. The van der Waals surface area contributed by atoms with Gasteiger partial charge >= 0.3 is 0 Å². The molecular weight excluding hydrogens is 224 g/mol. The normalized spacial score (nSPS) is 14.3. The van der Waals surface area contributed by atoms with Crippen LogP contribution in [-0.4, -0.2) is 18.0 Å². The minimum atomic E-state index is -0.400. The van der Waals surface area contributed by atoms with Crippen LogP contribution in [0, 0.1) is 5.92 Å². The molecule has 0 saturated heterocycles. The van der Waals surface area contributed by atoms with Gasteiger partial charge in [-0.1, -0.05) is 44.2 Å². The zero-order valence-corrected chi connectivity index (χ0v) is 11.5. The summed E-state index contributed by atoms with van der Waals surface area (Å²) in [5.74, 6) is 0.391. The first-order valence-electron chi connectivity index (χ1n) is 6.59. The number of rotatable bonds is 6. The highest BCUT2D eigenvalue weighted by Crippen LogP contribution is 2.05. The van der Waals surface area contributed by atoms with Gasteiger partial charge in [-0.15, -0.1) is 0 Å². The second-order valence-electron chi connectivity index (χ2n) is 5.34. The lowest BCUT2D eigenvalue weighted by molar-refractivity contribution is -0.123. The SMILES string of the molecule is CC(C)C[C@H](N)C(=O)NC(C)Cc1ccccc1. The van der Waals surface area contributed by atoms with Crippen LogP contribution in [0.2, 0.25) is 0 Å². The van der Waals surface area contributed by atoms with Crippen molar-refractivity contribution in [1.29, 1.82) is 0 Å². The third kappa shape index (κ3) is 5.32. The average Bonchev–Trinajstić information content (AvgIpc) is 2.29. The highest BCUT2D eigenvalue weighted by atomic mass is 16.2. The van der Waals surface area contributed by atoms with Crippen molar-refractivity contribution < 1.29 is 4.79 Å². The van der Waals surface area contributed by atoms with Gasteiger partial charge in [-0.2, -0.15) is 0 Å². The van der Waals surface area contributed by atoms with Crippen LogP contribution in [0.15, 0.2) is 30.3 Å². The Morgan fingerprint density at radius 2 is 1.83 bits per heavy atom. The molecule has 0 radical (unpaired) electrons. The van der Waals surface area contributed by atoms with E-state index in [0.29, 0.717) is 5.92 Å². The number of hydrogen-bond donors (Lipinski definition) is 2. The van der Waals surface area contributed by atoms with E-state index in [-0.39, 0.29) is 11.9 Å². The van der Waals surface area contributed by atoms with Gasteiger partial charge in [0.25, 0.3) is 0 Å². The topological polar surface area (TPSA) is 55.1 Å². The first kappa shape index (κ1) is 14.7. The Balaban J connectivity index is 2.40. The molecule has 18 heavy (non-hydrogen) atoms. The molecule has 0 fully saturated rings. The van der Waals surface area contributed by atoms with Crippen molar-refractivity contribution in [2.45, 2.75) is 45.7 Å². The lowest BCUT2D eigenvalue weighted by atomic mass is 10.0. The number of nitrogens with one attached hydrogen (secondary N) is 1. The van der Waals surface area contributed by atoms with E-state index in [0.717, 1.165) is 12.8 Å². The van der Waals surface area contributed by atoms with Crippen LogP contribution in [-0.2, 0) is 11.2 Å². The van der Waals surface area contributed by atoms with E-state index >= 15 is 0 Å². The van der Waals surface area contributed by atoms with E-state index < -0.39 is 6.04 Å². The molecule has 100 valence electrons. The fourth-order valence-electron chi connectivity index (χ4n) is 1.98. The zero-order chi connectivity index (χ0) is 13.5. The Labute approximate surface area is 110 Å². The van der Waals surface area contributed by atoms with Gasteiger partial charge in [0.05, 0.1) is 6.04 Å². The molecule has 1 unspecified atom stereocenters. The molecular formula is C15H24N2O. The summed E-state index contributed by atoms with van der Waals surface area (Å²) in [7, 11) is 0. The van der Waals surface area contributed by atoms with Gasteiger partial charge in [-0.25, -0.2) is 0 Å².